The largest absolute Gasteiger partial charge is 0.398 e. The molecule has 26 heavy (non-hydrogen) atoms. The summed E-state index contributed by atoms with van der Waals surface area (Å²) in [5.41, 5.74) is 10.6. The Kier molecular flexibility index (Phi) is 7.44. The second kappa shape index (κ2) is 9.79. The summed E-state index contributed by atoms with van der Waals surface area (Å²) < 4.78 is 10.4. The summed E-state index contributed by atoms with van der Waals surface area (Å²) in [4.78, 5) is 13.5. The Balaban J connectivity index is 2.34. The van der Waals surface area contributed by atoms with Crippen LogP contribution < -0.4 is 16.0 Å². The van der Waals surface area contributed by atoms with Gasteiger partial charge < -0.3 is 25.4 Å². The van der Waals surface area contributed by atoms with Gasteiger partial charge >= 0.3 is 0 Å². The molecule has 6 heteroatoms. The SMILES string of the molecule is COCCN(CCOC)c1ccc(N)c(-c2cccc(NC(C)=O)c2)c1. The second-order valence-corrected chi connectivity index (χ2v) is 6.01. The summed E-state index contributed by atoms with van der Waals surface area (Å²) in [6.45, 7) is 4.26. The summed E-state index contributed by atoms with van der Waals surface area (Å²) in [6.07, 6.45) is 0. The van der Waals surface area contributed by atoms with Crippen molar-refractivity contribution < 1.29 is 14.3 Å². The molecule has 0 radical (unpaired) electrons. The number of anilines is 3. The lowest BCUT2D eigenvalue weighted by atomic mass is 10.0. The van der Waals surface area contributed by atoms with Crippen molar-refractivity contribution in [2.75, 3.05) is 56.5 Å². The number of carbonyl (C=O) groups excluding carboxylic acids is 1. The first-order valence-corrected chi connectivity index (χ1v) is 8.55. The molecule has 0 aromatic heterocycles. The lowest BCUT2D eigenvalue weighted by molar-refractivity contribution is -0.114. The minimum atomic E-state index is -0.103. The normalized spacial score (nSPS) is 10.6. The van der Waals surface area contributed by atoms with E-state index >= 15 is 0 Å². The van der Waals surface area contributed by atoms with Crippen molar-refractivity contribution in [2.24, 2.45) is 0 Å². The van der Waals surface area contributed by atoms with E-state index in [1.54, 1.807) is 14.2 Å². The second-order valence-electron chi connectivity index (χ2n) is 6.01. The zero-order chi connectivity index (χ0) is 18.9. The van der Waals surface area contributed by atoms with E-state index in [4.69, 9.17) is 15.2 Å². The first-order chi connectivity index (χ1) is 12.5. The highest BCUT2D eigenvalue weighted by molar-refractivity contribution is 5.90. The van der Waals surface area contributed by atoms with Gasteiger partial charge in [-0.25, -0.2) is 0 Å². The van der Waals surface area contributed by atoms with E-state index in [0.29, 0.717) is 18.9 Å². The fourth-order valence-electron chi connectivity index (χ4n) is 2.73. The van der Waals surface area contributed by atoms with E-state index < -0.39 is 0 Å². The molecule has 0 saturated heterocycles. The van der Waals surface area contributed by atoms with Crippen LogP contribution >= 0.6 is 0 Å². The van der Waals surface area contributed by atoms with Crippen LogP contribution in [0, 0.1) is 0 Å². The quantitative estimate of drug-likeness (QED) is 0.675. The first kappa shape index (κ1) is 19.8. The Bertz CT molecular complexity index is 726. The molecule has 2 aromatic carbocycles. The molecule has 0 heterocycles. The zero-order valence-corrected chi connectivity index (χ0v) is 15.6. The number of amides is 1. The topological polar surface area (TPSA) is 76.8 Å². The number of ether oxygens (including phenoxy) is 2. The van der Waals surface area contributed by atoms with Gasteiger partial charge in [0.1, 0.15) is 0 Å². The van der Waals surface area contributed by atoms with Gasteiger partial charge in [0, 0.05) is 56.9 Å². The van der Waals surface area contributed by atoms with Crippen molar-refractivity contribution in [1.29, 1.82) is 0 Å². The lowest BCUT2D eigenvalue weighted by Gasteiger charge is -2.25. The van der Waals surface area contributed by atoms with Crippen LogP contribution in [0.2, 0.25) is 0 Å². The van der Waals surface area contributed by atoms with Crippen LogP contribution in [0.15, 0.2) is 42.5 Å². The van der Waals surface area contributed by atoms with Crippen molar-refractivity contribution in [1.82, 2.24) is 0 Å². The Labute approximate surface area is 154 Å². The van der Waals surface area contributed by atoms with Crippen molar-refractivity contribution in [3.05, 3.63) is 42.5 Å². The van der Waals surface area contributed by atoms with Crippen LogP contribution in [0.4, 0.5) is 17.1 Å². The molecule has 0 saturated carbocycles. The Morgan fingerprint density at radius 1 is 1.08 bits per heavy atom. The first-order valence-electron chi connectivity index (χ1n) is 8.55. The number of methoxy groups -OCH3 is 2. The van der Waals surface area contributed by atoms with E-state index in [1.165, 1.54) is 6.92 Å². The molecule has 140 valence electrons. The number of nitrogens with two attached hydrogens (primary N) is 1. The van der Waals surface area contributed by atoms with Crippen molar-refractivity contribution in [3.63, 3.8) is 0 Å². The predicted molar refractivity (Wildman–Crippen MR) is 107 cm³/mol. The fourth-order valence-corrected chi connectivity index (χ4v) is 2.73. The lowest BCUT2D eigenvalue weighted by Crippen LogP contribution is -2.30. The van der Waals surface area contributed by atoms with Crippen molar-refractivity contribution >= 4 is 23.0 Å². The summed E-state index contributed by atoms with van der Waals surface area (Å²) in [5, 5.41) is 2.80. The molecule has 0 spiro atoms. The summed E-state index contributed by atoms with van der Waals surface area (Å²) >= 11 is 0. The fraction of sp³-hybridized carbons (Fsp3) is 0.350. The van der Waals surface area contributed by atoms with Crippen LogP contribution in [0.25, 0.3) is 11.1 Å². The molecule has 6 nitrogen and oxygen atoms in total. The Morgan fingerprint density at radius 2 is 1.77 bits per heavy atom. The van der Waals surface area contributed by atoms with E-state index in [9.17, 15) is 4.79 Å². The minimum absolute atomic E-state index is 0.103. The van der Waals surface area contributed by atoms with Gasteiger partial charge in [-0.15, -0.1) is 0 Å². The molecule has 0 aliphatic carbocycles. The number of hydrogen-bond acceptors (Lipinski definition) is 5. The zero-order valence-electron chi connectivity index (χ0n) is 15.6. The number of nitrogens with one attached hydrogen (secondary N) is 1. The average Bonchev–Trinajstić information content (AvgIpc) is 2.62. The predicted octanol–water partition coefficient (Wildman–Crippen LogP) is 2.99. The van der Waals surface area contributed by atoms with Crippen LogP contribution in [0.5, 0.6) is 0 Å². The molecule has 2 aromatic rings. The number of rotatable bonds is 9. The Hall–Kier alpha value is -2.57. The maximum absolute atomic E-state index is 11.3. The number of carbonyl (C=O) groups is 1. The van der Waals surface area contributed by atoms with Crippen LogP contribution in [0.3, 0.4) is 0 Å². The van der Waals surface area contributed by atoms with Gasteiger partial charge in [0.2, 0.25) is 5.91 Å². The molecule has 0 bridgehead atoms. The smallest absolute Gasteiger partial charge is 0.221 e. The molecule has 1 amide bonds. The molecule has 3 N–H and O–H groups in total. The van der Waals surface area contributed by atoms with Crippen molar-refractivity contribution in [3.8, 4) is 11.1 Å². The van der Waals surface area contributed by atoms with Crippen LogP contribution in [0.1, 0.15) is 6.92 Å². The summed E-state index contributed by atoms with van der Waals surface area (Å²) in [6, 6.07) is 13.6. The molecule has 0 atom stereocenters. The molecule has 0 aliphatic heterocycles. The summed E-state index contributed by atoms with van der Waals surface area (Å²) in [5.74, 6) is -0.103. The molecule has 0 aliphatic rings. The van der Waals surface area contributed by atoms with Gasteiger partial charge in [-0.05, 0) is 35.9 Å². The maximum atomic E-state index is 11.3. The van der Waals surface area contributed by atoms with Gasteiger partial charge in [0.05, 0.1) is 13.2 Å². The number of benzene rings is 2. The van der Waals surface area contributed by atoms with E-state index in [1.807, 2.05) is 36.4 Å². The third-order valence-electron chi connectivity index (χ3n) is 4.03. The van der Waals surface area contributed by atoms with E-state index in [-0.39, 0.29) is 5.91 Å². The van der Waals surface area contributed by atoms with E-state index in [2.05, 4.69) is 16.3 Å². The van der Waals surface area contributed by atoms with Crippen LogP contribution in [-0.2, 0) is 14.3 Å². The molecular formula is C20H27N3O3. The van der Waals surface area contributed by atoms with Gasteiger partial charge in [-0.2, -0.15) is 0 Å². The minimum Gasteiger partial charge on any atom is -0.398 e. The molecule has 0 fully saturated rings. The number of nitrogens with zero attached hydrogens (tertiary/aromatic N) is 1. The summed E-state index contributed by atoms with van der Waals surface area (Å²) in [7, 11) is 3.38. The molecule has 0 unspecified atom stereocenters. The monoisotopic (exact) mass is 357 g/mol. The van der Waals surface area contributed by atoms with Crippen molar-refractivity contribution in [2.45, 2.75) is 6.92 Å². The Morgan fingerprint density at radius 3 is 2.38 bits per heavy atom. The highest BCUT2D eigenvalue weighted by atomic mass is 16.5. The highest BCUT2D eigenvalue weighted by Gasteiger charge is 2.11. The molecule has 2 rings (SSSR count). The van der Waals surface area contributed by atoms with Gasteiger partial charge in [0.25, 0.3) is 0 Å². The molecular weight excluding hydrogens is 330 g/mol. The van der Waals surface area contributed by atoms with E-state index in [0.717, 1.165) is 35.6 Å². The van der Waals surface area contributed by atoms with Gasteiger partial charge in [-0.1, -0.05) is 12.1 Å². The average molecular weight is 357 g/mol. The van der Waals surface area contributed by atoms with Gasteiger partial charge in [-0.3, -0.25) is 4.79 Å². The van der Waals surface area contributed by atoms with Gasteiger partial charge in [0.15, 0.2) is 0 Å². The number of nitrogen functional groups attached to an aromatic ring is 1. The third kappa shape index (κ3) is 5.47. The highest BCUT2D eigenvalue weighted by Crippen LogP contribution is 2.31. The number of hydrogen-bond donors (Lipinski definition) is 2. The van der Waals surface area contributed by atoms with Crippen LogP contribution in [-0.4, -0.2) is 46.4 Å². The maximum Gasteiger partial charge on any atom is 0.221 e. The third-order valence-corrected chi connectivity index (χ3v) is 4.03. The standard InChI is InChI=1S/C20H27N3O3/c1-15(24)22-17-6-4-5-16(13-17)19-14-18(7-8-20(19)21)23(9-11-25-2)10-12-26-3/h4-8,13-14H,9-12,21H2,1-3H3,(H,22,24).